The average Bonchev–Trinajstić information content (AvgIpc) is 2.53. The fourth-order valence-corrected chi connectivity index (χ4v) is 2.28. The number of hydrogen-bond acceptors (Lipinski definition) is 2. The number of H-pyrrole nitrogens is 1. The molecule has 0 aliphatic rings. The molecule has 0 spiro atoms. The topological polar surface area (TPSA) is 62.0 Å². The molecule has 2 N–H and O–H groups in total. The molecule has 2 rings (SSSR count). The number of carbonyl (C=O) groups excluding carboxylic acids is 1. The van der Waals surface area contributed by atoms with Crippen molar-refractivity contribution in [2.75, 3.05) is 0 Å². The third-order valence-corrected chi connectivity index (χ3v) is 3.49. The lowest BCUT2D eigenvalue weighted by molar-refractivity contribution is 0.0949. The number of amides is 1. The van der Waals surface area contributed by atoms with Gasteiger partial charge in [-0.3, -0.25) is 9.59 Å². The Bertz CT molecular complexity index is 675. The van der Waals surface area contributed by atoms with Crippen molar-refractivity contribution in [3.8, 4) is 0 Å². The van der Waals surface area contributed by atoms with E-state index in [9.17, 15) is 9.59 Å². The normalized spacial score (nSPS) is 10.4. The zero-order chi connectivity index (χ0) is 15.2. The lowest BCUT2D eigenvalue weighted by Gasteiger charge is -2.09. The van der Waals surface area contributed by atoms with Crippen molar-refractivity contribution < 1.29 is 4.79 Å². The van der Waals surface area contributed by atoms with Gasteiger partial charge >= 0.3 is 0 Å². The quantitative estimate of drug-likeness (QED) is 0.885. The molecule has 0 fully saturated rings. The van der Waals surface area contributed by atoms with Crippen LogP contribution < -0.4 is 10.9 Å². The summed E-state index contributed by atoms with van der Waals surface area (Å²) in [5.74, 6) is -0.336. The fourth-order valence-electron chi connectivity index (χ4n) is 2.28. The van der Waals surface area contributed by atoms with Gasteiger partial charge in [0.15, 0.2) is 0 Å². The molecular formula is C17H20N2O2. The Morgan fingerprint density at radius 3 is 2.48 bits per heavy atom. The van der Waals surface area contributed by atoms with Gasteiger partial charge in [0.25, 0.3) is 11.5 Å². The molecule has 4 nitrogen and oxygen atoms in total. The maximum atomic E-state index is 12.2. The van der Waals surface area contributed by atoms with Gasteiger partial charge in [-0.05, 0) is 30.0 Å². The maximum absolute atomic E-state index is 12.2. The summed E-state index contributed by atoms with van der Waals surface area (Å²) in [6, 6.07) is 11.3. The van der Waals surface area contributed by atoms with Gasteiger partial charge in [0.2, 0.25) is 0 Å². The van der Waals surface area contributed by atoms with Crippen LogP contribution in [0.1, 0.15) is 41.0 Å². The minimum atomic E-state index is -0.336. The molecule has 4 heteroatoms. The first-order valence-electron chi connectivity index (χ1n) is 7.22. The van der Waals surface area contributed by atoms with Gasteiger partial charge in [0.05, 0.1) is 0 Å². The third-order valence-electron chi connectivity index (χ3n) is 3.49. The zero-order valence-corrected chi connectivity index (χ0v) is 12.4. The molecule has 0 atom stereocenters. The highest BCUT2D eigenvalue weighted by molar-refractivity contribution is 5.94. The molecule has 1 heterocycles. The lowest BCUT2D eigenvalue weighted by atomic mass is 10.1. The molecule has 1 aromatic heterocycles. The number of rotatable bonds is 5. The van der Waals surface area contributed by atoms with Crippen molar-refractivity contribution in [1.82, 2.24) is 10.3 Å². The molecule has 2 aromatic rings. The second-order valence-electron chi connectivity index (χ2n) is 4.89. The number of pyridine rings is 1. The second-order valence-corrected chi connectivity index (χ2v) is 4.89. The highest BCUT2D eigenvalue weighted by atomic mass is 16.2. The lowest BCUT2D eigenvalue weighted by Crippen LogP contribution is -2.30. The smallest absolute Gasteiger partial charge is 0.261 e. The van der Waals surface area contributed by atoms with E-state index in [1.54, 1.807) is 6.07 Å². The van der Waals surface area contributed by atoms with Crippen LogP contribution in [0.4, 0.5) is 0 Å². The van der Waals surface area contributed by atoms with Gasteiger partial charge in [-0.1, -0.05) is 44.2 Å². The number of benzene rings is 1. The van der Waals surface area contributed by atoms with Crippen LogP contribution in [0.5, 0.6) is 0 Å². The van der Waals surface area contributed by atoms with Crippen LogP contribution in [0, 0.1) is 0 Å². The van der Waals surface area contributed by atoms with E-state index in [0.29, 0.717) is 6.54 Å². The van der Waals surface area contributed by atoms with Gasteiger partial charge in [0.1, 0.15) is 5.56 Å². The van der Waals surface area contributed by atoms with Gasteiger partial charge in [0, 0.05) is 12.2 Å². The number of nitrogens with one attached hydrogen (secondary N) is 2. The van der Waals surface area contributed by atoms with E-state index in [4.69, 9.17) is 0 Å². The summed E-state index contributed by atoms with van der Waals surface area (Å²) in [6.07, 6.45) is 1.54. The highest BCUT2D eigenvalue weighted by Gasteiger charge is 2.13. The number of carbonyl (C=O) groups is 1. The number of aryl methyl sites for hydroxylation is 2. The summed E-state index contributed by atoms with van der Waals surface area (Å²) < 4.78 is 0. The molecule has 0 bridgehead atoms. The molecule has 0 saturated heterocycles. The summed E-state index contributed by atoms with van der Waals surface area (Å²) in [6.45, 7) is 4.41. The van der Waals surface area contributed by atoms with Gasteiger partial charge in [-0.2, -0.15) is 0 Å². The molecule has 110 valence electrons. The largest absolute Gasteiger partial charge is 0.348 e. The first kappa shape index (κ1) is 15.0. The van der Waals surface area contributed by atoms with E-state index < -0.39 is 0 Å². The highest BCUT2D eigenvalue weighted by Crippen LogP contribution is 2.08. The van der Waals surface area contributed by atoms with Crippen molar-refractivity contribution in [2.24, 2.45) is 0 Å². The summed E-state index contributed by atoms with van der Waals surface area (Å²) in [5, 5.41) is 2.79. The van der Waals surface area contributed by atoms with E-state index in [0.717, 1.165) is 29.7 Å². The van der Waals surface area contributed by atoms with Crippen molar-refractivity contribution in [2.45, 2.75) is 33.2 Å². The predicted octanol–water partition coefficient (Wildman–Crippen LogP) is 2.43. The van der Waals surface area contributed by atoms with E-state index in [2.05, 4.69) is 10.3 Å². The Balaban J connectivity index is 2.17. The predicted molar refractivity (Wildman–Crippen MR) is 83.4 cm³/mol. The molecule has 1 aromatic carbocycles. The minimum absolute atomic E-state index is 0.181. The van der Waals surface area contributed by atoms with Gasteiger partial charge < -0.3 is 10.3 Å². The molecule has 1 amide bonds. The fraction of sp³-hybridized carbons (Fsp3) is 0.294. The SMILES string of the molecule is CCc1cc(C(=O)NCc2ccccc2)c(=O)[nH]c1CC. The van der Waals surface area contributed by atoms with Crippen LogP contribution in [-0.4, -0.2) is 10.9 Å². The van der Waals surface area contributed by atoms with E-state index in [-0.39, 0.29) is 17.0 Å². The van der Waals surface area contributed by atoms with Crippen molar-refractivity contribution >= 4 is 5.91 Å². The number of aromatic nitrogens is 1. The third kappa shape index (κ3) is 3.60. The van der Waals surface area contributed by atoms with Crippen LogP contribution in [-0.2, 0) is 19.4 Å². The van der Waals surface area contributed by atoms with Gasteiger partial charge in [-0.25, -0.2) is 0 Å². The summed E-state index contributed by atoms with van der Waals surface area (Å²) >= 11 is 0. The number of hydrogen-bond donors (Lipinski definition) is 2. The molecule has 0 saturated carbocycles. The Morgan fingerprint density at radius 1 is 1.14 bits per heavy atom. The summed E-state index contributed by atoms with van der Waals surface area (Å²) in [5.41, 5.74) is 2.78. The van der Waals surface area contributed by atoms with Crippen molar-refractivity contribution in [3.05, 3.63) is 69.1 Å². The Morgan fingerprint density at radius 2 is 1.86 bits per heavy atom. The van der Waals surface area contributed by atoms with E-state index in [1.807, 2.05) is 44.2 Å². The molecule has 0 radical (unpaired) electrons. The van der Waals surface area contributed by atoms with E-state index in [1.165, 1.54) is 0 Å². The molecule has 21 heavy (non-hydrogen) atoms. The van der Waals surface area contributed by atoms with Crippen molar-refractivity contribution in [3.63, 3.8) is 0 Å². The maximum Gasteiger partial charge on any atom is 0.261 e. The van der Waals surface area contributed by atoms with Crippen LogP contribution >= 0.6 is 0 Å². The monoisotopic (exact) mass is 284 g/mol. The van der Waals surface area contributed by atoms with Crippen LogP contribution in [0.25, 0.3) is 0 Å². The zero-order valence-electron chi connectivity index (χ0n) is 12.4. The van der Waals surface area contributed by atoms with E-state index >= 15 is 0 Å². The molecular weight excluding hydrogens is 264 g/mol. The van der Waals surface area contributed by atoms with Crippen molar-refractivity contribution in [1.29, 1.82) is 0 Å². The average molecular weight is 284 g/mol. The minimum Gasteiger partial charge on any atom is -0.348 e. The van der Waals surface area contributed by atoms with Crippen LogP contribution in [0.2, 0.25) is 0 Å². The first-order chi connectivity index (χ1) is 10.2. The molecule has 0 unspecified atom stereocenters. The Labute approximate surface area is 124 Å². The second kappa shape index (κ2) is 6.88. The Hall–Kier alpha value is -2.36. The first-order valence-corrected chi connectivity index (χ1v) is 7.22. The summed E-state index contributed by atoms with van der Waals surface area (Å²) in [4.78, 5) is 27.0. The Kier molecular flexibility index (Phi) is 4.93. The van der Waals surface area contributed by atoms with Crippen LogP contribution in [0.15, 0.2) is 41.2 Å². The standard InChI is InChI=1S/C17H20N2O2/c1-3-13-10-14(17(21)19-15(13)4-2)16(20)18-11-12-8-6-5-7-9-12/h5-10H,3-4,11H2,1-2H3,(H,18,20)(H,19,21). The molecule has 0 aliphatic carbocycles. The summed E-state index contributed by atoms with van der Waals surface area (Å²) in [7, 11) is 0. The number of aromatic amines is 1. The van der Waals surface area contributed by atoms with Gasteiger partial charge in [-0.15, -0.1) is 0 Å². The van der Waals surface area contributed by atoms with Crippen LogP contribution in [0.3, 0.4) is 0 Å². The molecule has 0 aliphatic heterocycles.